The average Bonchev–Trinajstić information content (AvgIpc) is 2.52. The van der Waals surface area contributed by atoms with Gasteiger partial charge in [-0.05, 0) is 18.6 Å². The number of carbonyl (C=O) groups excluding carboxylic acids is 2. The third kappa shape index (κ3) is 5.36. The number of ether oxygens (including phenoxy) is 2. The molecule has 1 rings (SSSR count). The Morgan fingerprint density at radius 3 is 2.13 bits per heavy atom. The number of unbranched alkanes of at least 4 members (excludes halogenated alkanes) is 1. The topological polar surface area (TPSA) is 95.7 Å². The van der Waals surface area contributed by atoms with Crippen LogP contribution < -0.4 is 0 Å². The highest BCUT2D eigenvalue weighted by Crippen LogP contribution is 2.15. The lowest BCUT2D eigenvalue weighted by Crippen LogP contribution is -2.37. The molecule has 0 aliphatic heterocycles. The summed E-state index contributed by atoms with van der Waals surface area (Å²) in [6.07, 6.45) is 1.61. The first-order valence-corrected chi connectivity index (χ1v) is 7.37. The average molecular weight is 323 g/mol. The summed E-state index contributed by atoms with van der Waals surface area (Å²) in [6.45, 7) is 4.55. The minimum atomic E-state index is -1.40. The van der Waals surface area contributed by atoms with E-state index in [1.807, 2.05) is 6.92 Å². The summed E-state index contributed by atoms with van der Waals surface area (Å²) in [4.78, 5) is 34.4. The van der Waals surface area contributed by atoms with Gasteiger partial charge in [0.2, 0.25) is 5.54 Å². The lowest BCUT2D eigenvalue weighted by molar-refractivity contribution is -0.563. The molecule has 0 amide bonds. The second-order valence-electron chi connectivity index (χ2n) is 5.68. The van der Waals surface area contributed by atoms with Gasteiger partial charge in [0.25, 0.3) is 0 Å². The molecule has 0 heterocycles. The van der Waals surface area contributed by atoms with Crippen LogP contribution in [0.3, 0.4) is 0 Å². The van der Waals surface area contributed by atoms with E-state index in [0.29, 0.717) is 0 Å². The molecule has 7 nitrogen and oxygen atoms in total. The Kier molecular flexibility index (Phi) is 6.68. The van der Waals surface area contributed by atoms with Gasteiger partial charge in [-0.25, -0.2) is 9.59 Å². The first-order valence-electron chi connectivity index (χ1n) is 7.37. The van der Waals surface area contributed by atoms with Crippen molar-refractivity contribution in [3.8, 4) is 0 Å². The summed E-state index contributed by atoms with van der Waals surface area (Å²) in [5, 5.41) is 10.8. The second-order valence-corrected chi connectivity index (χ2v) is 5.68. The Bertz CT molecular complexity index is 582. The molecule has 0 N–H and O–H groups in total. The van der Waals surface area contributed by atoms with Crippen LogP contribution in [-0.4, -0.2) is 35.6 Å². The number of nitrogens with zero attached hydrogens (tertiary/aromatic N) is 1. The number of nitro groups is 1. The van der Waals surface area contributed by atoms with Gasteiger partial charge in [-0.2, -0.15) is 0 Å². The molecule has 1 aromatic carbocycles. The minimum Gasteiger partial charge on any atom is -0.462 e. The van der Waals surface area contributed by atoms with Crippen molar-refractivity contribution in [2.75, 3.05) is 13.2 Å². The van der Waals surface area contributed by atoms with Gasteiger partial charge in [-0.3, -0.25) is 10.1 Å². The molecular weight excluding hydrogens is 302 g/mol. The molecule has 0 aliphatic carbocycles. The highest BCUT2D eigenvalue weighted by atomic mass is 16.6. The first kappa shape index (κ1) is 18.6. The third-order valence-electron chi connectivity index (χ3n) is 3.15. The molecule has 126 valence electrons. The lowest BCUT2D eigenvalue weighted by atomic mass is 10.1. The summed E-state index contributed by atoms with van der Waals surface area (Å²) < 4.78 is 10.1. The largest absolute Gasteiger partial charge is 0.462 e. The fourth-order valence-corrected chi connectivity index (χ4v) is 1.60. The van der Waals surface area contributed by atoms with E-state index in [-0.39, 0.29) is 17.7 Å². The van der Waals surface area contributed by atoms with Crippen molar-refractivity contribution < 1.29 is 24.0 Å². The smallest absolute Gasteiger partial charge is 0.339 e. The predicted octanol–water partition coefficient (Wildman–Crippen LogP) is 2.86. The molecule has 1 aromatic rings. The van der Waals surface area contributed by atoms with Crippen molar-refractivity contribution in [2.24, 2.45) is 0 Å². The maximum absolute atomic E-state index is 12.1. The molecule has 0 aromatic heterocycles. The summed E-state index contributed by atoms with van der Waals surface area (Å²) in [7, 11) is 0. The maximum atomic E-state index is 12.1. The number of esters is 2. The van der Waals surface area contributed by atoms with Crippen LogP contribution in [0.25, 0.3) is 0 Å². The molecule has 0 unspecified atom stereocenters. The van der Waals surface area contributed by atoms with E-state index in [9.17, 15) is 19.7 Å². The van der Waals surface area contributed by atoms with E-state index < -0.39 is 29.0 Å². The third-order valence-corrected chi connectivity index (χ3v) is 3.15. The van der Waals surface area contributed by atoms with Gasteiger partial charge >= 0.3 is 11.9 Å². The zero-order valence-electron chi connectivity index (χ0n) is 13.5. The van der Waals surface area contributed by atoms with Crippen LogP contribution in [-0.2, 0) is 9.47 Å². The van der Waals surface area contributed by atoms with Crippen molar-refractivity contribution in [2.45, 2.75) is 39.2 Å². The Morgan fingerprint density at radius 1 is 1.13 bits per heavy atom. The fourth-order valence-electron chi connectivity index (χ4n) is 1.60. The van der Waals surface area contributed by atoms with E-state index in [4.69, 9.17) is 9.47 Å². The fraction of sp³-hybridized carbons (Fsp3) is 0.500. The Morgan fingerprint density at radius 2 is 1.65 bits per heavy atom. The van der Waals surface area contributed by atoms with Crippen LogP contribution in [0.15, 0.2) is 24.3 Å². The van der Waals surface area contributed by atoms with Crippen molar-refractivity contribution in [1.82, 2.24) is 0 Å². The number of hydrogen-bond acceptors (Lipinski definition) is 6. The van der Waals surface area contributed by atoms with Gasteiger partial charge in [0.15, 0.2) is 6.61 Å². The lowest BCUT2D eigenvalue weighted by Gasteiger charge is -2.16. The van der Waals surface area contributed by atoms with E-state index in [2.05, 4.69) is 0 Å². The number of hydrogen-bond donors (Lipinski definition) is 0. The molecule has 0 saturated heterocycles. The normalized spacial score (nSPS) is 10.9. The highest BCUT2D eigenvalue weighted by molar-refractivity contribution is 6.03. The quantitative estimate of drug-likeness (QED) is 0.316. The summed E-state index contributed by atoms with van der Waals surface area (Å²) in [5.41, 5.74) is -1.27. The first-order chi connectivity index (χ1) is 10.8. The van der Waals surface area contributed by atoms with Gasteiger partial charge in [0, 0.05) is 18.8 Å². The number of rotatable bonds is 8. The van der Waals surface area contributed by atoms with Crippen molar-refractivity contribution in [3.05, 3.63) is 45.5 Å². The predicted molar refractivity (Wildman–Crippen MR) is 83.0 cm³/mol. The Labute approximate surface area is 134 Å². The molecule has 0 bridgehead atoms. The Hall–Kier alpha value is -2.44. The summed E-state index contributed by atoms with van der Waals surface area (Å²) >= 11 is 0. The van der Waals surface area contributed by atoms with Gasteiger partial charge in [-0.1, -0.05) is 25.5 Å². The molecule has 0 radical (unpaired) electrons. The van der Waals surface area contributed by atoms with Gasteiger partial charge < -0.3 is 9.47 Å². The van der Waals surface area contributed by atoms with Gasteiger partial charge in [0.05, 0.1) is 17.7 Å². The molecule has 0 saturated carbocycles. The molecule has 0 spiro atoms. The van der Waals surface area contributed by atoms with Crippen LogP contribution >= 0.6 is 0 Å². The van der Waals surface area contributed by atoms with Crippen LogP contribution in [0.2, 0.25) is 0 Å². The number of carbonyl (C=O) groups is 2. The van der Waals surface area contributed by atoms with Crippen molar-refractivity contribution in [1.29, 1.82) is 0 Å². The minimum absolute atomic E-state index is 0.0353. The molecule has 0 aliphatic rings. The molecule has 23 heavy (non-hydrogen) atoms. The molecule has 0 fully saturated rings. The van der Waals surface area contributed by atoms with Crippen molar-refractivity contribution >= 4 is 11.9 Å². The van der Waals surface area contributed by atoms with Crippen molar-refractivity contribution in [3.63, 3.8) is 0 Å². The zero-order chi connectivity index (χ0) is 17.5. The second kappa shape index (κ2) is 8.26. The zero-order valence-corrected chi connectivity index (χ0v) is 13.5. The molecule has 7 heteroatoms. The standard InChI is InChI=1S/C16H21NO6/c1-4-5-10-22-14(18)12-8-6-7-9-13(12)15(19)23-11-16(2,3)17(20)21/h6-9H,4-5,10-11H2,1-3H3. The Balaban J connectivity index is 2.81. The monoisotopic (exact) mass is 323 g/mol. The van der Waals surface area contributed by atoms with Crippen LogP contribution in [0.4, 0.5) is 0 Å². The van der Waals surface area contributed by atoms with E-state index in [1.165, 1.54) is 26.0 Å². The summed E-state index contributed by atoms with van der Waals surface area (Å²) in [5.74, 6) is -1.40. The van der Waals surface area contributed by atoms with Gasteiger partial charge in [0.1, 0.15) is 0 Å². The highest BCUT2D eigenvalue weighted by Gasteiger charge is 2.33. The summed E-state index contributed by atoms with van der Waals surface area (Å²) in [6, 6.07) is 6.08. The van der Waals surface area contributed by atoms with Crippen LogP contribution in [0.1, 0.15) is 54.3 Å². The van der Waals surface area contributed by atoms with Crippen LogP contribution in [0, 0.1) is 10.1 Å². The van der Waals surface area contributed by atoms with Crippen LogP contribution in [0.5, 0.6) is 0 Å². The van der Waals surface area contributed by atoms with E-state index in [1.54, 1.807) is 12.1 Å². The van der Waals surface area contributed by atoms with Gasteiger partial charge in [-0.15, -0.1) is 0 Å². The molecular formula is C16H21NO6. The van der Waals surface area contributed by atoms with E-state index >= 15 is 0 Å². The van der Waals surface area contributed by atoms with E-state index in [0.717, 1.165) is 12.8 Å². The SMILES string of the molecule is CCCCOC(=O)c1ccccc1C(=O)OCC(C)(C)[N+](=O)[O-]. The maximum Gasteiger partial charge on any atom is 0.339 e. The molecule has 0 atom stereocenters. The number of benzene rings is 1.